The van der Waals surface area contributed by atoms with Crippen LogP contribution in [0.3, 0.4) is 0 Å². The van der Waals surface area contributed by atoms with Crippen molar-refractivity contribution in [1.82, 2.24) is 10.6 Å². The smallest absolute Gasteiger partial charge is 0.234 e. The Labute approximate surface area is 105 Å². The third kappa shape index (κ3) is 9.12. The average Bonchev–Trinajstić information content (AvgIpc) is 2.27. The van der Waals surface area contributed by atoms with Crippen LogP contribution in [0, 0.1) is 0 Å². The molecule has 0 aliphatic rings. The van der Waals surface area contributed by atoms with Gasteiger partial charge in [-0.25, -0.2) is 0 Å². The Kier molecular flexibility index (Phi) is 10.2. The first-order chi connectivity index (χ1) is 8.13. The number of amides is 1. The Morgan fingerprint density at radius 1 is 1.24 bits per heavy atom. The summed E-state index contributed by atoms with van der Waals surface area (Å²) in [4.78, 5) is 11.6. The van der Waals surface area contributed by atoms with Gasteiger partial charge < -0.3 is 15.4 Å². The van der Waals surface area contributed by atoms with Gasteiger partial charge in [0.05, 0.1) is 13.2 Å². The molecule has 1 amide bonds. The molecule has 2 N–H and O–H groups in total. The minimum atomic E-state index is 0.0724. The van der Waals surface area contributed by atoms with Crippen LogP contribution in [0.15, 0.2) is 0 Å². The molecule has 0 spiro atoms. The van der Waals surface area contributed by atoms with E-state index in [1.807, 2.05) is 6.92 Å². The summed E-state index contributed by atoms with van der Waals surface area (Å²) in [6, 6.07) is 0.540. The SMILES string of the molecule is CCCC(C)NC(=O)CNC(CCC)COC. The fourth-order valence-electron chi connectivity index (χ4n) is 1.86. The standard InChI is InChI=1S/C13H28N2O2/c1-5-7-11(3)15-13(16)9-14-12(8-6-2)10-17-4/h11-12,14H,5-10H2,1-4H3,(H,15,16). The van der Waals surface area contributed by atoms with E-state index < -0.39 is 0 Å². The van der Waals surface area contributed by atoms with Crippen molar-refractivity contribution < 1.29 is 9.53 Å². The Morgan fingerprint density at radius 2 is 1.88 bits per heavy atom. The molecule has 0 saturated heterocycles. The summed E-state index contributed by atoms with van der Waals surface area (Å²) in [7, 11) is 1.69. The van der Waals surface area contributed by atoms with Crippen LogP contribution in [-0.4, -0.2) is 38.3 Å². The van der Waals surface area contributed by atoms with E-state index in [9.17, 15) is 4.79 Å². The van der Waals surface area contributed by atoms with Crippen LogP contribution in [0.2, 0.25) is 0 Å². The molecular formula is C13H28N2O2. The first-order valence-corrected chi connectivity index (χ1v) is 6.65. The quantitative estimate of drug-likeness (QED) is 0.615. The molecule has 17 heavy (non-hydrogen) atoms. The van der Waals surface area contributed by atoms with Crippen LogP contribution in [0.5, 0.6) is 0 Å². The highest BCUT2D eigenvalue weighted by atomic mass is 16.5. The molecule has 2 unspecified atom stereocenters. The van der Waals surface area contributed by atoms with Gasteiger partial charge in [0.2, 0.25) is 5.91 Å². The molecule has 4 nitrogen and oxygen atoms in total. The molecule has 0 aromatic carbocycles. The molecule has 0 bridgehead atoms. The lowest BCUT2D eigenvalue weighted by Crippen LogP contribution is -2.43. The Bertz CT molecular complexity index is 192. The van der Waals surface area contributed by atoms with E-state index in [0.29, 0.717) is 13.2 Å². The van der Waals surface area contributed by atoms with Crippen molar-refractivity contribution in [3.63, 3.8) is 0 Å². The molecule has 2 atom stereocenters. The number of hydrogen-bond donors (Lipinski definition) is 2. The van der Waals surface area contributed by atoms with Gasteiger partial charge in [0.15, 0.2) is 0 Å². The molecule has 0 fully saturated rings. The maximum atomic E-state index is 11.6. The monoisotopic (exact) mass is 244 g/mol. The van der Waals surface area contributed by atoms with Crippen molar-refractivity contribution in [2.75, 3.05) is 20.3 Å². The topological polar surface area (TPSA) is 50.4 Å². The molecule has 0 saturated carbocycles. The summed E-state index contributed by atoms with van der Waals surface area (Å²) in [6.07, 6.45) is 4.25. The van der Waals surface area contributed by atoms with Crippen LogP contribution < -0.4 is 10.6 Å². The van der Waals surface area contributed by atoms with Gasteiger partial charge in [-0.15, -0.1) is 0 Å². The van der Waals surface area contributed by atoms with E-state index in [-0.39, 0.29) is 18.0 Å². The largest absolute Gasteiger partial charge is 0.383 e. The molecule has 0 aliphatic heterocycles. The third-order valence-corrected chi connectivity index (χ3v) is 2.69. The number of nitrogens with one attached hydrogen (secondary N) is 2. The van der Waals surface area contributed by atoms with Crippen molar-refractivity contribution in [1.29, 1.82) is 0 Å². The second kappa shape index (κ2) is 10.5. The summed E-state index contributed by atoms with van der Waals surface area (Å²) in [5.41, 5.74) is 0. The van der Waals surface area contributed by atoms with E-state index in [4.69, 9.17) is 4.74 Å². The molecular weight excluding hydrogens is 216 g/mol. The fraction of sp³-hybridized carbons (Fsp3) is 0.923. The van der Waals surface area contributed by atoms with Crippen molar-refractivity contribution in [2.24, 2.45) is 0 Å². The first-order valence-electron chi connectivity index (χ1n) is 6.65. The van der Waals surface area contributed by atoms with Crippen LogP contribution >= 0.6 is 0 Å². The van der Waals surface area contributed by atoms with Gasteiger partial charge in [-0.1, -0.05) is 26.7 Å². The van der Waals surface area contributed by atoms with E-state index in [0.717, 1.165) is 25.7 Å². The molecule has 4 heteroatoms. The minimum absolute atomic E-state index is 0.0724. The van der Waals surface area contributed by atoms with Crippen molar-refractivity contribution in [3.8, 4) is 0 Å². The summed E-state index contributed by atoms with van der Waals surface area (Å²) >= 11 is 0. The highest BCUT2D eigenvalue weighted by Gasteiger charge is 2.10. The maximum Gasteiger partial charge on any atom is 0.234 e. The molecule has 0 radical (unpaired) electrons. The molecule has 0 aliphatic carbocycles. The van der Waals surface area contributed by atoms with E-state index >= 15 is 0 Å². The lowest BCUT2D eigenvalue weighted by Gasteiger charge is -2.18. The Morgan fingerprint density at radius 3 is 2.41 bits per heavy atom. The van der Waals surface area contributed by atoms with Gasteiger partial charge >= 0.3 is 0 Å². The van der Waals surface area contributed by atoms with Gasteiger partial charge in [-0.05, 0) is 19.8 Å². The van der Waals surface area contributed by atoms with Gasteiger partial charge in [-0.2, -0.15) is 0 Å². The summed E-state index contributed by atoms with van der Waals surface area (Å²) < 4.78 is 5.11. The second-order valence-electron chi connectivity index (χ2n) is 4.58. The van der Waals surface area contributed by atoms with Crippen LogP contribution in [0.4, 0.5) is 0 Å². The van der Waals surface area contributed by atoms with Crippen molar-refractivity contribution in [3.05, 3.63) is 0 Å². The third-order valence-electron chi connectivity index (χ3n) is 2.69. The zero-order valence-corrected chi connectivity index (χ0v) is 11.7. The van der Waals surface area contributed by atoms with Crippen LogP contribution in [0.25, 0.3) is 0 Å². The number of carbonyl (C=O) groups is 1. The number of hydrogen-bond acceptors (Lipinski definition) is 3. The predicted molar refractivity (Wildman–Crippen MR) is 71.1 cm³/mol. The number of methoxy groups -OCH3 is 1. The van der Waals surface area contributed by atoms with Gasteiger partial charge in [0.1, 0.15) is 0 Å². The average molecular weight is 244 g/mol. The minimum Gasteiger partial charge on any atom is -0.383 e. The number of ether oxygens (including phenoxy) is 1. The van der Waals surface area contributed by atoms with Crippen LogP contribution in [-0.2, 0) is 9.53 Å². The van der Waals surface area contributed by atoms with Crippen LogP contribution in [0.1, 0.15) is 46.5 Å². The highest BCUT2D eigenvalue weighted by molar-refractivity contribution is 5.78. The second-order valence-corrected chi connectivity index (χ2v) is 4.58. The normalized spacial score (nSPS) is 14.4. The van der Waals surface area contributed by atoms with E-state index in [1.54, 1.807) is 7.11 Å². The number of rotatable bonds is 10. The zero-order chi connectivity index (χ0) is 13.1. The lowest BCUT2D eigenvalue weighted by molar-refractivity contribution is -0.121. The number of carbonyl (C=O) groups excluding carboxylic acids is 1. The Balaban J connectivity index is 3.78. The first kappa shape index (κ1) is 16.4. The fourth-order valence-corrected chi connectivity index (χ4v) is 1.86. The Hall–Kier alpha value is -0.610. The molecule has 0 rings (SSSR count). The summed E-state index contributed by atoms with van der Waals surface area (Å²) in [5.74, 6) is 0.0724. The van der Waals surface area contributed by atoms with E-state index in [1.165, 1.54) is 0 Å². The molecule has 0 heterocycles. The van der Waals surface area contributed by atoms with Crippen molar-refractivity contribution >= 4 is 5.91 Å². The van der Waals surface area contributed by atoms with Gasteiger partial charge in [0, 0.05) is 19.2 Å². The summed E-state index contributed by atoms with van der Waals surface area (Å²) in [6.45, 7) is 7.33. The zero-order valence-electron chi connectivity index (χ0n) is 11.7. The molecule has 0 aromatic rings. The molecule has 102 valence electrons. The van der Waals surface area contributed by atoms with E-state index in [2.05, 4.69) is 24.5 Å². The van der Waals surface area contributed by atoms with Gasteiger partial charge in [-0.3, -0.25) is 4.79 Å². The lowest BCUT2D eigenvalue weighted by atomic mass is 10.2. The van der Waals surface area contributed by atoms with Gasteiger partial charge in [0.25, 0.3) is 0 Å². The predicted octanol–water partition coefficient (Wildman–Crippen LogP) is 1.70. The van der Waals surface area contributed by atoms with Crippen molar-refractivity contribution in [2.45, 2.75) is 58.5 Å². The summed E-state index contributed by atoms with van der Waals surface area (Å²) in [5, 5.41) is 6.21. The highest BCUT2D eigenvalue weighted by Crippen LogP contribution is 1.97. The molecule has 0 aromatic heterocycles. The maximum absolute atomic E-state index is 11.6.